The molecule has 0 fully saturated rings. The Labute approximate surface area is 123 Å². The van der Waals surface area contributed by atoms with E-state index in [1.807, 2.05) is 12.1 Å². The maximum Gasteiger partial charge on any atom is 0.401 e. The van der Waals surface area contributed by atoms with Gasteiger partial charge >= 0.3 is 6.18 Å². The van der Waals surface area contributed by atoms with Crippen LogP contribution in [-0.2, 0) is 13.1 Å². The van der Waals surface area contributed by atoms with Gasteiger partial charge in [0.1, 0.15) is 0 Å². The molecule has 1 heterocycles. The van der Waals surface area contributed by atoms with E-state index in [4.69, 9.17) is 0 Å². The average molecular weight is 308 g/mol. The molecule has 6 heteroatoms. The third kappa shape index (κ3) is 6.72. The molecule has 1 aromatic heterocycles. The van der Waals surface area contributed by atoms with Crippen LogP contribution in [0.5, 0.6) is 0 Å². The standard InChI is InChI=1S/C14H23F3N2S/c1-10(2)18-7-12-5-6-13(20-12)8-19(11(3)4)9-14(15,16)17/h5-6,10-11,18H,7-9H2,1-4H3. The molecule has 1 rings (SSSR count). The molecule has 0 saturated heterocycles. The van der Waals surface area contributed by atoms with Gasteiger partial charge in [-0.15, -0.1) is 11.3 Å². The zero-order valence-electron chi connectivity index (χ0n) is 12.4. The smallest absolute Gasteiger partial charge is 0.310 e. The van der Waals surface area contributed by atoms with Crippen LogP contribution in [0.25, 0.3) is 0 Å². The molecule has 0 aliphatic heterocycles. The molecule has 0 aliphatic rings. The van der Waals surface area contributed by atoms with Gasteiger partial charge in [0.25, 0.3) is 0 Å². The topological polar surface area (TPSA) is 15.3 Å². The number of nitrogens with zero attached hydrogens (tertiary/aromatic N) is 1. The first-order chi connectivity index (χ1) is 9.17. The summed E-state index contributed by atoms with van der Waals surface area (Å²) in [6, 6.07) is 4.18. The molecule has 0 bridgehead atoms. The van der Waals surface area contributed by atoms with Crippen LogP contribution in [0.2, 0.25) is 0 Å². The minimum absolute atomic E-state index is 0.129. The Hall–Kier alpha value is -0.590. The second-order valence-electron chi connectivity index (χ2n) is 5.52. The van der Waals surface area contributed by atoms with E-state index in [0.717, 1.165) is 16.3 Å². The van der Waals surface area contributed by atoms with Crippen molar-refractivity contribution in [2.24, 2.45) is 0 Å². The lowest BCUT2D eigenvalue weighted by Gasteiger charge is -2.26. The molecule has 0 amide bonds. The Balaban J connectivity index is 2.60. The molecule has 0 aromatic carbocycles. The summed E-state index contributed by atoms with van der Waals surface area (Å²) in [5.41, 5.74) is 0. The number of nitrogens with one attached hydrogen (secondary N) is 1. The Morgan fingerprint density at radius 3 is 2.25 bits per heavy atom. The Morgan fingerprint density at radius 1 is 1.15 bits per heavy atom. The first-order valence-electron chi connectivity index (χ1n) is 6.79. The van der Waals surface area contributed by atoms with E-state index < -0.39 is 12.7 Å². The molecule has 116 valence electrons. The van der Waals surface area contributed by atoms with Gasteiger partial charge in [-0.2, -0.15) is 13.2 Å². The number of thiophene rings is 1. The molecule has 0 aliphatic carbocycles. The van der Waals surface area contributed by atoms with E-state index in [1.165, 1.54) is 4.90 Å². The third-order valence-electron chi connectivity index (χ3n) is 2.87. The predicted octanol–water partition coefficient (Wildman–Crippen LogP) is 4.02. The summed E-state index contributed by atoms with van der Waals surface area (Å²) in [7, 11) is 0. The van der Waals surface area contributed by atoms with Crippen LogP contribution in [0.3, 0.4) is 0 Å². The van der Waals surface area contributed by atoms with Crippen molar-refractivity contribution in [1.29, 1.82) is 0 Å². The predicted molar refractivity (Wildman–Crippen MR) is 77.9 cm³/mol. The van der Waals surface area contributed by atoms with Crippen LogP contribution in [0, 0.1) is 0 Å². The van der Waals surface area contributed by atoms with Crippen molar-refractivity contribution in [3.05, 3.63) is 21.9 Å². The lowest BCUT2D eigenvalue weighted by molar-refractivity contribution is -0.150. The van der Waals surface area contributed by atoms with Crippen LogP contribution in [0.4, 0.5) is 13.2 Å². The van der Waals surface area contributed by atoms with Crippen molar-refractivity contribution in [1.82, 2.24) is 10.2 Å². The average Bonchev–Trinajstić information content (AvgIpc) is 2.71. The van der Waals surface area contributed by atoms with Crippen molar-refractivity contribution >= 4 is 11.3 Å². The highest BCUT2D eigenvalue weighted by Gasteiger charge is 2.31. The van der Waals surface area contributed by atoms with Gasteiger partial charge in [0.05, 0.1) is 6.54 Å². The van der Waals surface area contributed by atoms with Crippen molar-refractivity contribution < 1.29 is 13.2 Å². The minimum Gasteiger partial charge on any atom is -0.310 e. The van der Waals surface area contributed by atoms with Crippen LogP contribution < -0.4 is 5.32 Å². The summed E-state index contributed by atoms with van der Waals surface area (Å²) >= 11 is 1.58. The summed E-state index contributed by atoms with van der Waals surface area (Å²) in [5.74, 6) is 0. The normalized spacial score (nSPS) is 12.9. The van der Waals surface area contributed by atoms with Gasteiger partial charge in [-0.1, -0.05) is 13.8 Å². The molecule has 0 radical (unpaired) electrons. The Morgan fingerprint density at radius 2 is 1.75 bits per heavy atom. The maximum atomic E-state index is 12.5. The van der Waals surface area contributed by atoms with Gasteiger partial charge in [-0.05, 0) is 26.0 Å². The second-order valence-corrected chi connectivity index (χ2v) is 6.77. The largest absolute Gasteiger partial charge is 0.401 e. The fourth-order valence-corrected chi connectivity index (χ4v) is 2.75. The van der Waals surface area contributed by atoms with E-state index in [2.05, 4.69) is 19.2 Å². The Kier molecular flexibility index (Phi) is 6.48. The van der Waals surface area contributed by atoms with E-state index >= 15 is 0 Å². The van der Waals surface area contributed by atoms with Crippen LogP contribution in [0.1, 0.15) is 37.4 Å². The van der Waals surface area contributed by atoms with Gasteiger partial charge in [0.15, 0.2) is 0 Å². The van der Waals surface area contributed by atoms with Crippen LogP contribution >= 0.6 is 11.3 Å². The Bertz CT molecular complexity index is 399. The molecule has 0 spiro atoms. The minimum atomic E-state index is -4.15. The maximum absolute atomic E-state index is 12.5. The molecule has 0 saturated carbocycles. The van der Waals surface area contributed by atoms with Crippen LogP contribution in [0.15, 0.2) is 12.1 Å². The van der Waals surface area contributed by atoms with Gasteiger partial charge in [-0.25, -0.2) is 0 Å². The SMILES string of the molecule is CC(C)NCc1ccc(CN(CC(F)(F)F)C(C)C)s1. The molecule has 1 aromatic rings. The van der Waals surface area contributed by atoms with E-state index in [0.29, 0.717) is 12.6 Å². The summed E-state index contributed by atoms with van der Waals surface area (Å²) in [4.78, 5) is 3.58. The molecular formula is C14H23F3N2S. The highest BCUT2D eigenvalue weighted by molar-refractivity contribution is 7.11. The summed E-state index contributed by atoms with van der Waals surface area (Å²) in [6.45, 7) is 7.98. The van der Waals surface area contributed by atoms with E-state index in [-0.39, 0.29) is 6.04 Å². The number of hydrogen-bond acceptors (Lipinski definition) is 3. The van der Waals surface area contributed by atoms with Crippen molar-refractivity contribution in [3.8, 4) is 0 Å². The lowest BCUT2D eigenvalue weighted by Crippen LogP contribution is -2.38. The van der Waals surface area contributed by atoms with Crippen molar-refractivity contribution in [2.75, 3.05) is 6.54 Å². The van der Waals surface area contributed by atoms with Gasteiger partial charge in [-0.3, -0.25) is 4.90 Å². The lowest BCUT2D eigenvalue weighted by atomic mass is 10.3. The molecule has 0 atom stereocenters. The molecule has 1 N–H and O–H groups in total. The summed E-state index contributed by atoms with van der Waals surface area (Å²) in [6.07, 6.45) is -4.15. The monoisotopic (exact) mass is 308 g/mol. The van der Waals surface area contributed by atoms with Crippen molar-refractivity contribution in [2.45, 2.75) is 59.0 Å². The first-order valence-corrected chi connectivity index (χ1v) is 7.61. The molecule has 20 heavy (non-hydrogen) atoms. The van der Waals surface area contributed by atoms with Gasteiger partial charge < -0.3 is 5.32 Å². The number of hydrogen-bond donors (Lipinski definition) is 1. The summed E-state index contributed by atoms with van der Waals surface area (Å²) < 4.78 is 37.6. The van der Waals surface area contributed by atoms with E-state index in [9.17, 15) is 13.2 Å². The molecule has 0 unspecified atom stereocenters. The number of halogens is 3. The third-order valence-corrected chi connectivity index (χ3v) is 3.94. The van der Waals surface area contributed by atoms with Crippen LogP contribution in [-0.4, -0.2) is 29.7 Å². The zero-order valence-corrected chi connectivity index (χ0v) is 13.2. The van der Waals surface area contributed by atoms with E-state index in [1.54, 1.807) is 25.2 Å². The second kappa shape index (κ2) is 7.43. The number of rotatable bonds is 7. The van der Waals surface area contributed by atoms with Gasteiger partial charge in [0, 0.05) is 34.9 Å². The number of alkyl halides is 3. The quantitative estimate of drug-likeness (QED) is 0.818. The van der Waals surface area contributed by atoms with Crippen molar-refractivity contribution in [3.63, 3.8) is 0 Å². The zero-order chi connectivity index (χ0) is 15.3. The fourth-order valence-electron chi connectivity index (χ4n) is 1.76. The highest BCUT2D eigenvalue weighted by Crippen LogP contribution is 2.23. The summed E-state index contributed by atoms with van der Waals surface area (Å²) in [5, 5.41) is 3.31. The first kappa shape index (κ1) is 17.5. The van der Waals surface area contributed by atoms with Gasteiger partial charge in [0.2, 0.25) is 0 Å². The highest BCUT2D eigenvalue weighted by atomic mass is 32.1. The molecule has 2 nitrogen and oxygen atoms in total. The fraction of sp³-hybridized carbons (Fsp3) is 0.714. The molecular weight excluding hydrogens is 285 g/mol.